The molecule has 2 nitrogen and oxygen atoms in total. The van der Waals surface area contributed by atoms with E-state index < -0.39 is 0 Å². The number of unbranched alkanes of at least 4 members (excludes halogenated alkanes) is 1. The van der Waals surface area contributed by atoms with E-state index in [-0.39, 0.29) is 0 Å². The van der Waals surface area contributed by atoms with Gasteiger partial charge in [-0.05, 0) is 20.3 Å². The van der Waals surface area contributed by atoms with Gasteiger partial charge in [0.05, 0.1) is 6.54 Å². The molecule has 1 aliphatic heterocycles. The fourth-order valence-corrected chi connectivity index (χ4v) is 2.01. The molecule has 0 aliphatic carbocycles. The molecule has 0 bridgehead atoms. The minimum atomic E-state index is 0.314. The van der Waals surface area contributed by atoms with Gasteiger partial charge in [-0.25, -0.2) is 0 Å². The molecule has 0 atom stereocenters. The van der Waals surface area contributed by atoms with Crippen LogP contribution in [0.1, 0.15) is 33.6 Å². The quantitative estimate of drug-likeness (QED) is 0.684. The van der Waals surface area contributed by atoms with Crippen molar-refractivity contribution in [3.05, 3.63) is 0 Å². The maximum atomic E-state index is 4.43. The molecule has 1 aliphatic rings. The van der Waals surface area contributed by atoms with Crippen molar-refractivity contribution in [1.82, 2.24) is 5.32 Å². The zero-order valence-electron chi connectivity index (χ0n) is 8.18. The van der Waals surface area contributed by atoms with E-state index in [4.69, 9.17) is 0 Å². The summed E-state index contributed by atoms with van der Waals surface area (Å²) in [6, 6.07) is 0. The first-order chi connectivity index (χ1) is 5.64. The molecule has 0 saturated heterocycles. The predicted molar refractivity (Wildman–Crippen MR) is 56.9 cm³/mol. The Morgan fingerprint density at radius 2 is 2.33 bits per heavy atom. The van der Waals surface area contributed by atoms with E-state index >= 15 is 0 Å². The van der Waals surface area contributed by atoms with Crippen LogP contribution in [0.3, 0.4) is 0 Å². The first-order valence-corrected chi connectivity index (χ1v) is 5.43. The van der Waals surface area contributed by atoms with Crippen LogP contribution < -0.4 is 5.32 Å². The molecule has 0 aromatic heterocycles. The number of rotatable bonds is 3. The molecule has 1 rings (SSSR count). The molecular weight excluding hydrogens is 168 g/mol. The minimum Gasteiger partial charge on any atom is -0.365 e. The van der Waals surface area contributed by atoms with E-state index in [1.807, 2.05) is 11.8 Å². The summed E-state index contributed by atoms with van der Waals surface area (Å²) in [5, 5.41) is 4.48. The van der Waals surface area contributed by atoms with Gasteiger partial charge in [0.15, 0.2) is 5.17 Å². The van der Waals surface area contributed by atoms with Gasteiger partial charge in [-0.3, -0.25) is 4.99 Å². The summed E-state index contributed by atoms with van der Waals surface area (Å²) in [6.45, 7) is 8.69. The first kappa shape index (κ1) is 9.90. The summed E-state index contributed by atoms with van der Waals surface area (Å²) in [7, 11) is 0. The summed E-state index contributed by atoms with van der Waals surface area (Å²) in [6.07, 6.45) is 2.48. The summed E-state index contributed by atoms with van der Waals surface area (Å²) < 4.78 is 0.314. The van der Waals surface area contributed by atoms with Gasteiger partial charge < -0.3 is 5.32 Å². The number of amidine groups is 1. The van der Waals surface area contributed by atoms with Crippen molar-refractivity contribution in [3.63, 3.8) is 0 Å². The second kappa shape index (κ2) is 4.17. The van der Waals surface area contributed by atoms with Gasteiger partial charge in [-0.1, -0.05) is 25.1 Å². The molecule has 0 unspecified atom stereocenters. The summed E-state index contributed by atoms with van der Waals surface area (Å²) in [5.41, 5.74) is 0. The molecule has 0 radical (unpaired) electrons. The molecule has 0 saturated carbocycles. The van der Waals surface area contributed by atoms with Gasteiger partial charge in [-0.2, -0.15) is 0 Å². The third-order valence-corrected chi connectivity index (χ3v) is 2.93. The lowest BCUT2D eigenvalue weighted by atomic mass is 10.2. The maximum Gasteiger partial charge on any atom is 0.157 e. The van der Waals surface area contributed by atoms with Crippen molar-refractivity contribution in [2.75, 3.05) is 13.1 Å². The number of nitrogens with one attached hydrogen (secondary N) is 1. The van der Waals surface area contributed by atoms with Crippen LogP contribution in [-0.2, 0) is 0 Å². The number of hydrogen-bond donors (Lipinski definition) is 1. The largest absolute Gasteiger partial charge is 0.365 e. The molecule has 0 aromatic rings. The van der Waals surface area contributed by atoms with E-state index in [0.29, 0.717) is 4.75 Å². The third-order valence-electron chi connectivity index (χ3n) is 1.78. The lowest BCUT2D eigenvalue weighted by Crippen LogP contribution is -2.22. The molecule has 12 heavy (non-hydrogen) atoms. The fraction of sp³-hybridized carbons (Fsp3) is 0.889. The Hall–Kier alpha value is -0.180. The van der Waals surface area contributed by atoms with Crippen molar-refractivity contribution >= 4 is 16.9 Å². The Kier molecular flexibility index (Phi) is 3.44. The maximum absolute atomic E-state index is 4.43. The molecule has 70 valence electrons. The number of thioether (sulfide) groups is 1. The van der Waals surface area contributed by atoms with Crippen LogP contribution in [0.4, 0.5) is 0 Å². The molecule has 1 heterocycles. The van der Waals surface area contributed by atoms with Gasteiger partial charge in [-0.15, -0.1) is 0 Å². The number of aliphatic imine (C=N–C) groups is 1. The highest BCUT2D eigenvalue weighted by molar-refractivity contribution is 8.15. The lowest BCUT2D eigenvalue weighted by molar-refractivity contribution is 0.736. The molecule has 1 N–H and O–H groups in total. The van der Waals surface area contributed by atoms with Gasteiger partial charge in [0.2, 0.25) is 0 Å². The van der Waals surface area contributed by atoms with Crippen LogP contribution in [0.2, 0.25) is 0 Å². The second-order valence-corrected chi connectivity index (χ2v) is 5.46. The molecule has 0 amide bonds. The van der Waals surface area contributed by atoms with E-state index in [1.54, 1.807) is 0 Å². The Balaban J connectivity index is 2.19. The van der Waals surface area contributed by atoms with Crippen LogP contribution in [0.25, 0.3) is 0 Å². The minimum absolute atomic E-state index is 0.314. The Morgan fingerprint density at radius 3 is 2.83 bits per heavy atom. The molecule has 0 fully saturated rings. The van der Waals surface area contributed by atoms with Crippen molar-refractivity contribution in [2.24, 2.45) is 4.99 Å². The monoisotopic (exact) mass is 186 g/mol. The smallest absolute Gasteiger partial charge is 0.157 e. The van der Waals surface area contributed by atoms with E-state index in [1.165, 1.54) is 12.8 Å². The fourth-order valence-electron chi connectivity index (χ4n) is 1.05. The van der Waals surface area contributed by atoms with Gasteiger partial charge in [0.1, 0.15) is 0 Å². The summed E-state index contributed by atoms with van der Waals surface area (Å²) in [5.74, 6) is 0. The zero-order chi connectivity index (χ0) is 9.03. The lowest BCUT2D eigenvalue weighted by Gasteiger charge is -2.13. The standard InChI is InChI=1S/C9H18N2S/c1-4-5-6-10-8-11-7-9(2,3)12-8/h4-7H2,1-3H3,(H,10,11). The van der Waals surface area contributed by atoms with Gasteiger partial charge in [0.25, 0.3) is 0 Å². The summed E-state index contributed by atoms with van der Waals surface area (Å²) in [4.78, 5) is 4.43. The van der Waals surface area contributed by atoms with E-state index in [9.17, 15) is 0 Å². The van der Waals surface area contributed by atoms with E-state index in [0.717, 1.165) is 18.3 Å². The summed E-state index contributed by atoms with van der Waals surface area (Å²) >= 11 is 1.86. The molecule has 0 spiro atoms. The van der Waals surface area contributed by atoms with Gasteiger partial charge in [0, 0.05) is 11.3 Å². The first-order valence-electron chi connectivity index (χ1n) is 4.61. The number of nitrogens with zero attached hydrogens (tertiary/aromatic N) is 1. The van der Waals surface area contributed by atoms with Crippen LogP contribution in [0, 0.1) is 0 Å². The van der Waals surface area contributed by atoms with Crippen LogP contribution in [0.5, 0.6) is 0 Å². The number of hydrogen-bond acceptors (Lipinski definition) is 3. The van der Waals surface area contributed by atoms with Crippen molar-refractivity contribution in [1.29, 1.82) is 0 Å². The highest BCUT2D eigenvalue weighted by Gasteiger charge is 2.26. The Bertz CT molecular complexity index is 175. The second-order valence-electron chi connectivity index (χ2n) is 3.76. The molecule has 3 heteroatoms. The Morgan fingerprint density at radius 1 is 1.58 bits per heavy atom. The van der Waals surface area contributed by atoms with Crippen molar-refractivity contribution < 1.29 is 0 Å². The van der Waals surface area contributed by atoms with Crippen LogP contribution in [0.15, 0.2) is 4.99 Å². The van der Waals surface area contributed by atoms with Crippen molar-refractivity contribution in [2.45, 2.75) is 38.4 Å². The zero-order valence-corrected chi connectivity index (χ0v) is 9.00. The normalized spacial score (nSPS) is 20.8. The van der Waals surface area contributed by atoms with Crippen LogP contribution >= 0.6 is 11.8 Å². The SMILES string of the molecule is CCCCNC1=NCC(C)(C)S1. The molecule has 0 aromatic carbocycles. The third kappa shape index (κ3) is 3.05. The highest BCUT2D eigenvalue weighted by atomic mass is 32.2. The Labute approximate surface area is 79.2 Å². The average molecular weight is 186 g/mol. The predicted octanol–water partition coefficient (Wildman–Crippen LogP) is 2.26. The van der Waals surface area contributed by atoms with Gasteiger partial charge >= 0.3 is 0 Å². The van der Waals surface area contributed by atoms with E-state index in [2.05, 4.69) is 31.1 Å². The van der Waals surface area contributed by atoms with Crippen molar-refractivity contribution in [3.8, 4) is 0 Å². The topological polar surface area (TPSA) is 24.4 Å². The van der Waals surface area contributed by atoms with Crippen LogP contribution in [-0.4, -0.2) is 23.0 Å². The molecular formula is C9H18N2S. The average Bonchev–Trinajstić information content (AvgIpc) is 2.31. The highest BCUT2D eigenvalue weighted by Crippen LogP contribution is 2.30.